The fraction of sp³-hybridized carbons (Fsp3) is 0.344. The summed E-state index contributed by atoms with van der Waals surface area (Å²) < 4.78 is 11.5. The Morgan fingerprint density at radius 1 is 1.08 bits per heavy atom. The second-order valence-electron chi connectivity index (χ2n) is 10.6. The molecule has 1 fully saturated rings. The van der Waals surface area contributed by atoms with E-state index < -0.39 is 17.7 Å². The van der Waals surface area contributed by atoms with Gasteiger partial charge in [-0.15, -0.1) is 0 Å². The number of aliphatic hydroxyl groups is 1. The zero-order valence-corrected chi connectivity index (χ0v) is 23.4. The Labute approximate surface area is 230 Å². The molecule has 2 heterocycles. The number of ether oxygens (including phenoxy) is 2. The summed E-state index contributed by atoms with van der Waals surface area (Å²) in [5.41, 5.74) is 3.63. The number of methoxy groups -OCH3 is 1. The highest BCUT2D eigenvalue weighted by Crippen LogP contribution is 2.42. The smallest absolute Gasteiger partial charge is 0.295 e. The topological polar surface area (TPSA) is 89.0 Å². The molecule has 0 aliphatic carbocycles. The molecule has 7 heteroatoms. The Morgan fingerprint density at radius 3 is 2.49 bits per heavy atom. The summed E-state index contributed by atoms with van der Waals surface area (Å²) in [5, 5.41) is 11.7. The van der Waals surface area contributed by atoms with Crippen LogP contribution in [-0.4, -0.2) is 40.4 Å². The molecule has 0 spiro atoms. The Kier molecular flexibility index (Phi) is 8.38. The number of carbonyl (C=O) groups is 2. The van der Waals surface area contributed by atoms with Gasteiger partial charge >= 0.3 is 0 Å². The second kappa shape index (κ2) is 11.7. The molecule has 4 rings (SSSR count). The van der Waals surface area contributed by atoms with Crippen LogP contribution in [0.2, 0.25) is 0 Å². The summed E-state index contributed by atoms with van der Waals surface area (Å²) in [7, 11) is 1.61. The highest BCUT2D eigenvalue weighted by molar-refractivity contribution is 6.46. The molecule has 2 aromatic carbocycles. The van der Waals surface area contributed by atoms with Crippen molar-refractivity contribution in [2.24, 2.45) is 5.92 Å². The van der Waals surface area contributed by atoms with Crippen LogP contribution in [0.25, 0.3) is 5.76 Å². The molecule has 0 saturated carbocycles. The normalized spacial score (nSPS) is 16.8. The highest BCUT2D eigenvalue weighted by Gasteiger charge is 2.46. The maximum atomic E-state index is 13.6. The van der Waals surface area contributed by atoms with E-state index in [2.05, 4.69) is 18.8 Å². The lowest BCUT2D eigenvalue weighted by atomic mass is 9.91. The van der Waals surface area contributed by atoms with Crippen molar-refractivity contribution in [1.29, 1.82) is 0 Å². The second-order valence-corrected chi connectivity index (χ2v) is 10.6. The van der Waals surface area contributed by atoms with E-state index in [1.165, 1.54) is 4.90 Å². The van der Waals surface area contributed by atoms with Crippen LogP contribution >= 0.6 is 0 Å². The number of likely N-dealkylation sites (tertiary alicyclic amines) is 1. The molecular formula is C32H36N2O5. The van der Waals surface area contributed by atoms with Crippen LogP contribution in [0.4, 0.5) is 0 Å². The van der Waals surface area contributed by atoms with Gasteiger partial charge in [0.1, 0.15) is 17.3 Å². The van der Waals surface area contributed by atoms with Gasteiger partial charge in [-0.25, -0.2) is 0 Å². The Hall–Kier alpha value is -4.13. The number of hydrogen-bond acceptors (Lipinski definition) is 6. The van der Waals surface area contributed by atoms with Crippen molar-refractivity contribution >= 4 is 17.4 Å². The van der Waals surface area contributed by atoms with E-state index in [0.29, 0.717) is 35.2 Å². The summed E-state index contributed by atoms with van der Waals surface area (Å²) in [6, 6.07) is 13.9. The summed E-state index contributed by atoms with van der Waals surface area (Å²) >= 11 is 0. The molecule has 1 aliphatic heterocycles. The van der Waals surface area contributed by atoms with Gasteiger partial charge in [-0.3, -0.25) is 14.6 Å². The minimum absolute atomic E-state index is 0.0490. The molecule has 0 bridgehead atoms. The van der Waals surface area contributed by atoms with Crippen LogP contribution in [0.3, 0.4) is 0 Å². The quantitative estimate of drug-likeness (QED) is 0.203. The number of amides is 1. The number of aromatic nitrogens is 1. The fourth-order valence-electron chi connectivity index (χ4n) is 4.84. The number of hydrogen-bond donors (Lipinski definition) is 1. The third kappa shape index (κ3) is 5.82. The molecule has 1 amide bonds. The van der Waals surface area contributed by atoms with Gasteiger partial charge in [0.25, 0.3) is 11.7 Å². The zero-order chi connectivity index (χ0) is 28.3. The molecule has 1 saturated heterocycles. The Balaban J connectivity index is 1.90. The van der Waals surface area contributed by atoms with Crippen LogP contribution in [0.15, 0.2) is 66.5 Å². The molecule has 1 aliphatic rings. The third-order valence-electron chi connectivity index (χ3n) is 6.83. The van der Waals surface area contributed by atoms with Crippen molar-refractivity contribution in [2.45, 2.75) is 53.1 Å². The molecule has 7 nitrogen and oxygen atoms in total. The van der Waals surface area contributed by atoms with Crippen molar-refractivity contribution in [3.63, 3.8) is 0 Å². The summed E-state index contributed by atoms with van der Waals surface area (Å²) in [4.78, 5) is 32.7. The number of nitrogens with zero attached hydrogens (tertiary/aromatic N) is 2. The van der Waals surface area contributed by atoms with Gasteiger partial charge in [0, 0.05) is 24.5 Å². The Bertz CT molecular complexity index is 1390. The minimum Gasteiger partial charge on any atom is -0.507 e. The highest BCUT2D eigenvalue weighted by atomic mass is 16.5. The largest absolute Gasteiger partial charge is 0.507 e. The van der Waals surface area contributed by atoms with Crippen molar-refractivity contribution in [2.75, 3.05) is 13.7 Å². The van der Waals surface area contributed by atoms with Gasteiger partial charge in [0.05, 0.1) is 25.3 Å². The average molecular weight is 529 g/mol. The predicted molar refractivity (Wildman–Crippen MR) is 151 cm³/mol. The number of aryl methyl sites for hydroxylation is 1. The standard InChI is InChI=1S/C32H36N2O5/c1-19(2)18-39-24-11-7-10-23(14-24)29-28(31(36)32(37)34(29)17-22-9-8-12-33-16-22)30(35)26-15-25(20(3)4)27(38-6)13-21(26)5/h7-16,19-20,29,35H,17-18H2,1-6H3/b30-28+. The van der Waals surface area contributed by atoms with Gasteiger partial charge in [0.15, 0.2) is 0 Å². The number of rotatable bonds is 9. The van der Waals surface area contributed by atoms with E-state index in [0.717, 1.165) is 16.7 Å². The first-order valence-corrected chi connectivity index (χ1v) is 13.2. The van der Waals surface area contributed by atoms with E-state index in [4.69, 9.17) is 9.47 Å². The van der Waals surface area contributed by atoms with Gasteiger partial charge < -0.3 is 19.5 Å². The summed E-state index contributed by atoms with van der Waals surface area (Å²) in [5.74, 6) is 0.190. The SMILES string of the molecule is COc1cc(C)c(/C(O)=C2\C(=O)C(=O)N(Cc3cccnc3)C2c2cccc(OCC(C)C)c2)cc1C(C)C. The number of Topliss-reactive ketones (excluding diaryl/α,β-unsaturated/α-hetero) is 1. The lowest BCUT2D eigenvalue weighted by Crippen LogP contribution is -2.29. The minimum atomic E-state index is -0.809. The first-order valence-electron chi connectivity index (χ1n) is 13.2. The molecule has 1 N–H and O–H groups in total. The maximum absolute atomic E-state index is 13.6. The van der Waals surface area contributed by atoms with Crippen molar-refractivity contribution in [3.8, 4) is 11.5 Å². The fourth-order valence-corrected chi connectivity index (χ4v) is 4.84. The molecule has 1 unspecified atom stereocenters. The summed E-state index contributed by atoms with van der Waals surface area (Å²) in [6.07, 6.45) is 3.32. The van der Waals surface area contributed by atoms with E-state index in [1.54, 1.807) is 25.6 Å². The zero-order valence-electron chi connectivity index (χ0n) is 23.4. The molecule has 39 heavy (non-hydrogen) atoms. The predicted octanol–water partition coefficient (Wildman–Crippen LogP) is 6.18. The summed E-state index contributed by atoms with van der Waals surface area (Å²) in [6.45, 7) is 10.7. The van der Waals surface area contributed by atoms with E-state index in [1.807, 2.05) is 63.2 Å². The van der Waals surface area contributed by atoms with E-state index >= 15 is 0 Å². The first-order chi connectivity index (χ1) is 18.6. The number of aliphatic hydroxyl groups excluding tert-OH is 1. The number of benzene rings is 2. The van der Waals surface area contributed by atoms with Gasteiger partial charge in [-0.05, 0) is 71.3 Å². The number of ketones is 1. The molecule has 1 atom stereocenters. The number of carbonyl (C=O) groups excluding carboxylic acids is 2. The van der Waals surface area contributed by atoms with E-state index in [9.17, 15) is 14.7 Å². The van der Waals surface area contributed by atoms with Crippen LogP contribution in [0.5, 0.6) is 11.5 Å². The van der Waals surface area contributed by atoms with Gasteiger partial charge in [-0.1, -0.05) is 45.9 Å². The molecule has 1 aromatic heterocycles. The molecule has 204 valence electrons. The van der Waals surface area contributed by atoms with Crippen molar-refractivity contribution in [1.82, 2.24) is 9.88 Å². The van der Waals surface area contributed by atoms with Crippen LogP contribution in [0.1, 0.15) is 67.5 Å². The Morgan fingerprint density at radius 2 is 1.85 bits per heavy atom. The molecule has 3 aromatic rings. The lowest BCUT2D eigenvalue weighted by Gasteiger charge is -2.26. The monoisotopic (exact) mass is 528 g/mol. The van der Waals surface area contributed by atoms with Crippen LogP contribution in [0, 0.1) is 12.8 Å². The van der Waals surface area contributed by atoms with Crippen LogP contribution in [-0.2, 0) is 16.1 Å². The molecule has 0 radical (unpaired) electrons. The van der Waals surface area contributed by atoms with Gasteiger partial charge in [-0.2, -0.15) is 0 Å². The third-order valence-corrected chi connectivity index (χ3v) is 6.83. The van der Waals surface area contributed by atoms with Crippen molar-refractivity contribution in [3.05, 3.63) is 94.3 Å². The van der Waals surface area contributed by atoms with E-state index in [-0.39, 0.29) is 23.8 Å². The van der Waals surface area contributed by atoms with Gasteiger partial charge in [0.2, 0.25) is 0 Å². The lowest BCUT2D eigenvalue weighted by molar-refractivity contribution is -0.140. The van der Waals surface area contributed by atoms with Crippen LogP contribution < -0.4 is 9.47 Å². The number of pyridine rings is 1. The molecular weight excluding hydrogens is 492 g/mol. The maximum Gasteiger partial charge on any atom is 0.295 e. The first kappa shape index (κ1) is 27.9. The van der Waals surface area contributed by atoms with Crippen molar-refractivity contribution < 1.29 is 24.2 Å². The average Bonchev–Trinajstić information content (AvgIpc) is 3.16.